The van der Waals surface area contributed by atoms with Crippen molar-refractivity contribution in [3.63, 3.8) is 0 Å². The van der Waals surface area contributed by atoms with Crippen molar-refractivity contribution in [1.29, 1.82) is 0 Å². The van der Waals surface area contributed by atoms with Gasteiger partial charge in [-0.15, -0.1) is 0 Å². The number of rotatable bonds is 6. The molecule has 0 atom stereocenters. The van der Waals surface area contributed by atoms with E-state index < -0.39 is 17.5 Å². The van der Waals surface area contributed by atoms with Crippen LogP contribution in [0, 0.1) is 24.0 Å². The number of benzene rings is 1. The highest BCUT2D eigenvalue weighted by Crippen LogP contribution is 2.25. The first-order valence-corrected chi connectivity index (χ1v) is 9.78. The van der Waals surface area contributed by atoms with E-state index in [4.69, 9.17) is 4.74 Å². The Hall–Kier alpha value is -2.78. The highest BCUT2D eigenvalue weighted by Gasteiger charge is 2.20. The molecular formula is C19H15BrN2O5S. The van der Waals surface area contributed by atoms with E-state index in [1.807, 2.05) is 42.7 Å². The number of ether oxygens (including phenoxy) is 1. The second-order valence-corrected chi connectivity index (χ2v) is 7.97. The number of carbonyl (C=O) groups excluding carboxylic acids is 2. The van der Waals surface area contributed by atoms with Crippen molar-refractivity contribution in [1.82, 2.24) is 4.57 Å². The maximum absolute atomic E-state index is 12.6. The molecule has 0 aliphatic carbocycles. The molecule has 0 unspecified atom stereocenters. The topological polar surface area (TPSA) is 91.4 Å². The van der Waals surface area contributed by atoms with Gasteiger partial charge in [-0.25, -0.2) is 4.79 Å². The molecule has 0 aliphatic heterocycles. The molecule has 0 saturated heterocycles. The van der Waals surface area contributed by atoms with Crippen molar-refractivity contribution < 1.29 is 19.2 Å². The zero-order chi connectivity index (χ0) is 20.4. The lowest BCUT2D eigenvalue weighted by molar-refractivity contribution is -0.380. The molecule has 3 aromatic rings. The summed E-state index contributed by atoms with van der Waals surface area (Å²) in [5, 5.41) is 10.5. The summed E-state index contributed by atoms with van der Waals surface area (Å²) >= 11 is 4.11. The zero-order valence-corrected chi connectivity index (χ0v) is 17.4. The van der Waals surface area contributed by atoms with Crippen LogP contribution in [0.3, 0.4) is 0 Å². The molecule has 0 spiro atoms. The smallest absolute Gasteiger partial charge is 0.349 e. The predicted molar refractivity (Wildman–Crippen MR) is 109 cm³/mol. The minimum Gasteiger partial charge on any atom is -0.453 e. The number of halogens is 1. The van der Waals surface area contributed by atoms with Gasteiger partial charge in [-0.1, -0.05) is 27.3 Å². The first kappa shape index (κ1) is 20.0. The lowest BCUT2D eigenvalue weighted by Crippen LogP contribution is -2.14. The van der Waals surface area contributed by atoms with Gasteiger partial charge in [-0.05, 0) is 50.2 Å². The number of hydrogen-bond donors (Lipinski definition) is 0. The van der Waals surface area contributed by atoms with E-state index in [1.54, 1.807) is 6.07 Å². The Bertz CT molecular complexity index is 1070. The number of aryl methyl sites for hydroxylation is 1. The fourth-order valence-electron chi connectivity index (χ4n) is 2.85. The second kappa shape index (κ2) is 8.07. The highest BCUT2D eigenvalue weighted by molar-refractivity contribution is 9.10. The first-order valence-electron chi connectivity index (χ1n) is 8.17. The number of nitro groups is 1. The number of thiophene rings is 1. The molecule has 2 aromatic heterocycles. The molecule has 1 aromatic carbocycles. The fourth-order valence-corrected chi connectivity index (χ4v) is 3.83. The summed E-state index contributed by atoms with van der Waals surface area (Å²) in [6.45, 7) is 3.28. The number of Topliss-reactive ketones (excluding diaryl/α,β-unsaturated/α-hetero) is 1. The van der Waals surface area contributed by atoms with Crippen molar-refractivity contribution in [2.75, 3.05) is 6.61 Å². The van der Waals surface area contributed by atoms with Gasteiger partial charge < -0.3 is 9.30 Å². The first-order chi connectivity index (χ1) is 13.3. The van der Waals surface area contributed by atoms with Crippen LogP contribution in [0.1, 0.15) is 31.4 Å². The second-order valence-electron chi connectivity index (χ2n) is 5.99. The molecule has 0 bridgehead atoms. The third kappa shape index (κ3) is 4.05. The Morgan fingerprint density at radius 3 is 2.46 bits per heavy atom. The SMILES string of the molecule is Cc1cc(C(=O)COC(=O)c2ccc([N+](=O)[O-])s2)c(C)n1-c1ccc(Br)cc1. The Kier molecular flexibility index (Phi) is 5.76. The van der Waals surface area contributed by atoms with Gasteiger partial charge in [-0.3, -0.25) is 14.9 Å². The van der Waals surface area contributed by atoms with Crippen molar-refractivity contribution in [2.45, 2.75) is 13.8 Å². The molecule has 7 nitrogen and oxygen atoms in total. The average Bonchev–Trinajstić information content (AvgIpc) is 3.26. The van der Waals surface area contributed by atoms with Crippen molar-refractivity contribution in [3.8, 4) is 5.69 Å². The molecule has 9 heteroatoms. The minimum absolute atomic E-state index is 0.0832. The van der Waals surface area contributed by atoms with Gasteiger partial charge in [0.1, 0.15) is 4.88 Å². The van der Waals surface area contributed by atoms with E-state index in [0.29, 0.717) is 16.9 Å². The van der Waals surface area contributed by atoms with Gasteiger partial charge >= 0.3 is 11.0 Å². The number of aromatic nitrogens is 1. The molecule has 28 heavy (non-hydrogen) atoms. The van der Waals surface area contributed by atoms with Crippen LogP contribution < -0.4 is 0 Å². The van der Waals surface area contributed by atoms with Crippen molar-refractivity contribution in [3.05, 3.63) is 78.9 Å². The third-order valence-electron chi connectivity index (χ3n) is 4.12. The van der Waals surface area contributed by atoms with Gasteiger partial charge in [0.05, 0.1) is 4.92 Å². The van der Waals surface area contributed by atoms with Crippen LogP contribution in [0.4, 0.5) is 5.00 Å². The molecule has 144 valence electrons. The van der Waals surface area contributed by atoms with Crippen LogP contribution in [0.25, 0.3) is 5.69 Å². The van der Waals surface area contributed by atoms with E-state index in [9.17, 15) is 19.7 Å². The molecule has 0 amide bonds. The Labute approximate surface area is 172 Å². The summed E-state index contributed by atoms with van der Waals surface area (Å²) in [5.74, 6) is -1.09. The van der Waals surface area contributed by atoms with E-state index in [1.165, 1.54) is 12.1 Å². The maximum Gasteiger partial charge on any atom is 0.349 e. The normalized spacial score (nSPS) is 10.7. The largest absolute Gasteiger partial charge is 0.453 e. The zero-order valence-electron chi connectivity index (χ0n) is 15.0. The fraction of sp³-hybridized carbons (Fsp3) is 0.158. The van der Waals surface area contributed by atoms with Crippen LogP contribution in [0.15, 0.2) is 46.9 Å². The van der Waals surface area contributed by atoms with Crippen molar-refractivity contribution in [2.24, 2.45) is 0 Å². The van der Waals surface area contributed by atoms with Gasteiger partial charge in [0, 0.05) is 33.2 Å². The number of ketones is 1. The van der Waals surface area contributed by atoms with E-state index in [-0.39, 0.29) is 15.7 Å². The highest BCUT2D eigenvalue weighted by atomic mass is 79.9. The predicted octanol–water partition coefficient (Wildman–Crippen LogP) is 4.87. The van der Waals surface area contributed by atoms with Gasteiger partial charge in [0.25, 0.3) is 0 Å². The number of carbonyl (C=O) groups is 2. The monoisotopic (exact) mass is 462 g/mol. The molecule has 2 heterocycles. The summed E-state index contributed by atoms with van der Waals surface area (Å²) in [4.78, 5) is 34.8. The van der Waals surface area contributed by atoms with Crippen LogP contribution in [-0.4, -0.2) is 27.8 Å². The maximum atomic E-state index is 12.6. The van der Waals surface area contributed by atoms with E-state index >= 15 is 0 Å². The van der Waals surface area contributed by atoms with E-state index in [0.717, 1.165) is 21.5 Å². The molecule has 0 radical (unpaired) electrons. The average molecular weight is 463 g/mol. The number of esters is 1. The molecule has 0 N–H and O–H groups in total. The Balaban J connectivity index is 1.74. The third-order valence-corrected chi connectivity index (χ3v) is 5.67. The van der Waals surface area contributed by atoms with Crippen LogP contribution in [-0.2, 0) is 4.74 Å². The molecular weight excluding hydrogens is 448 g/mol. The number of nitrogens with zero attached hydrogens (tertiary/aromatic N) is 2. The Morgan fingerprint density at radius 1 is 1.18 bits per heavy atom. The molecule has 0 fully saturated rings. The van der Waals surface area contributed by atoms with Gasteiger partial charge in [-0.2, -0.15) is 0 Å². The summed E-state index contributed by atoms with van der Waals surface area (Å²) in [7, 11) is 0. The summed E-state index contributed by atoms with van der Waals surface area (Å²) in [6.07, 6.45) is 0. The lowest BCUT2D eigenvalue weighted by atomic mass is 10.1. The van der Waals surface area contributed by atoms with Gasteiger partial charge in [0.2, 0.25) is 5.78 Å². The standard InChI is InChI=1S/C19H15BrN2O5S/c1-11-9-15(12(2)21(11)14-5-3-13(20)4-6-14)16(23)10-27-19(24)17-7-8-18(28-17)22(25)26/h3-9H,10H2,1-2H3. The summed E-state index contributed by atoms with van der Waals surface area (Å²) in [6, 6.07) is 12.0. The molecule has 3 rings (SSSR count). The summed E-state index contributed by atoms with van der Waals surface area (Å²) in [5.41, 5.74) is 3.00. The van der Waals surface area contributed by atoms with Gasteiger partial charge in [0.15, 0.2) is 6.61 Å². The van der Waals surface area contributed by atoms with Crippen LogP contribution in [0.5, 0.6) is 0 Å². The van der Waals surface area contributed by atoms with Crippen LogP contribution in [0.2, 0.25) is 0 Å². The number of hydrogen-bond acceptors (Lipinski definition) is 6. The van der Waals surface area contributed by atoms with E-state index in [2.05, 4.69) is 15.9 Å². The quantitative estimate of drug-likeness (QED) is 0.225. The minimum atomic E-state index is -0.756. The van der Waals surface area contributed by atoms with Crippen LogP contribution >= 0.6 is 27.3 Å². The molecule has 0 saturated carbocycles. The van der Waals surface area contributed by atoms with Crippen molar-refractivity contribution >= 4 is 44.0 Å². The Morgan fingerprint density at radius 2 is 1.86 bits per heavy atom. The molecule has 0 aliphatic rings. The summed E-state index contributed by atoms with van der Waals surface area (Å²) < 4.78 is 7.95. The lowest BCUT2D eigenvalue weighted by Gasteiger charge is -2.10.